The summed E-state index contributed by atoms with van der Waals surface area (Å²) in [6.07, 6.45) is 8.94. The summed E-state index contributed by atoms with van der Waals surface area (Å²) in [4.78, 5) is 16.8. The molecule has 23 heavy (non-hydrogen) atoms. The fraction of sp³-hybridized carbons (Fsp3) is 0.842. The number of ketones is 1. The summed E-state index contributed by atoms with van der Waals surface area (Å²) in [5.74, 6) is 0.779. The second-order valence-electron chi connectivity index (χ2n) is 8.89. The standard InChI is InChI=1S/C19H28O4/c1-17-9-10-19(21,23-22)11-12(17)3-4-13-14-5-6-16(20)18(14,2)8-7-15(13)17/h3,13-15,21-22H,4-11H2,1-2H3/t13-,14-,15-,17-,18-,19+/m0/s1. The summed E-state index contributed by atoms with van der Waals surface area (Å²) >= 11 is 0. The second kappa shape index (κ2) is 4.90. The van der Waals surface area contributed by atoms with Gasteiger partial charge in [-0.1, -0.05) is 25.5 Å². The zero-order valence-corrected chi connectivity index (χ0v) is 14.2. The quantitative estimate of drug-likeness (QED) is 0.335. The van der Waals surface area contributed by atoms with Gasteiger partial charge in [-0.2, -0.15) is 0 Å². The van der Waals surface area contributed by atoms with Crippen molar-refractivity contribution in [2.24, 2.45) is 28.6 Å². The van der Waals surface area contributed by atoms with E-state index in [1.807, 2.05) is 0 Å². The molecule has 3 saturated carbocycles. The molecule has 4 aliphatic carbocycles. The highest BCUT2D eigenvalue weighted by atomic mass is 17.1. The van der Waals surface area contributed by atoms with E-state index < -0.39 is 5.79 Å². The van der Waals surface area contributed by atoms with Crippen LogP contribution in [0.5, 0.6) is 0 Å². The Hall–Kier alpha value is -0.710. The molecule has 0 aromatic rings. The van der Waals surface area contributed by atoms with Crippen molar-refractivity contribution in [1.82, 2.24) is 0 Å². The van der Waals surface area contributed by atoms with E-state index in [2.05, 4.69) is 24.8 Å². The SMILES string of the molecule is C[C@]12CC[C@@](O)(OO)CC1=CC[C@@H]1[C@@H]2CC[C@]2(C)C(=O)CC[C@@H]12. The largest absolute Gasteiger partial charge is 0.363 e. The third kappa shape index (κ3) is 2.04. The van der Waals surface area contributed by atoms with Crippen molar-refractivity contribution >= 4 is 5.78 Å². The second-order valence-corrected chi connectivity index (χ2v) is 8.89. The van der Waals surface area contributed by atoms with Crippen LogP contribution >= 0.6 is 0 Å². The van der Waals surface area contributed by atoms with E-state index in [-0.39, 0.29) is 10.8 Å². The minimum atomic E-state index is -1.41. The van der Waals surface area contributed by atoms with Crippen molar-refractivity contribution in [1.29, 1.82) is 0 Å². The molecular formula is C19H28O4. The highest BCUT2D eigenvalue weighted by molar-refractivity contribution is 5.87. The zero-order valence-electron chi connectivity index (χ0n) is 14.2. The molecule has 0 aromatic heterocycles. The number of allylic oxidation sites excluding steroid dienone is 1. The van der Waals surface area contributed by atoms with Crippen LogP contribution in [0.1, 0.15) is 65.2 Å². The van der Waals surface area contributed by atoms with Crippen LogP contribution in [0.15, 0.2) is 11.6 Å². The first-order valence-electron chi connectivity index (χ1n) is 9.10. The summed E-state index contributed by atoms with van der Waals surface area (Å²) in [6, 6.07) is 0. The topological polar surface area (TPSA) is 66.8 Å². The lowest BCUT2D eigenvalue weighted by atomic mass is 9.48. The van der Waals surface area contributed by atoms with Crippen molar-refractivity contribution in [2.45, 2.75) is 71.0 Å². The van der Waals surface area contributed by atoms with Crippen LogP contribution in [-0.4, -0.2) is 21.9 Å². The van der Waals surface area contributed by atoms with Crippen LogP contribution in [0.25, 0.3) is 0 Å². The van der Waals surface area contributed by atoms with Gasteiger partial charge < -0.3 is 5.11 Å². The molecule has 4 aliphatic rings. The number of fused-ring (bicyclic) bond motifs is 5. The van der Waals surface area contributed by atoms with E-state index in [1.54, 1.807) is 0 Å². The lowest BCUT2D eigenvalue weighted by Gasteiger charge is -2.57. The lowest BCUT2D eigenvalue weighted by molar-refractivity contribution is -0.399. The highest BCUT2D eigenvalue weighted by Gasteiger charge is 2.59. The first-order chi connectivity index (χ1) is 10.8. The number of rotatable bonds is 1. The Balaban J connectivity index is 1.67. The summed E-state index contributed by atoms with van der Waals surface area (Å²) < 4.78 is 0. The highest BCUT2D eigenvalue weighted by Crippen LogP contribution is 2.64. The first-order valence-corrected chi connectivity index (χ1v) is 9.10. The minimum absolute atomic E-state index is 0.0840. The molecule has 0 unspecified atom stereocenters. The van der Waals surface area contributed by atoms with E-state index in [1.165, 1.54) is 5.57 Å². The number of hydrogen-bond acceptors (Lipinski definition) is 4. The molecule has 128 valence electrons. The smallest absolute Gasteiger partial charge is 0.202 e. The van der Waals surface area contributed by atoms with Crippen molar-refractivity contribution in [3.63, 3.8) is 0 Å². The number of carbonyl (C=O) groups is 1. The first kappa shape index (κ1) is 15.8. The van der Waals surface area contributed by atoms with Crippen LogP contribution in [0, 0.1) is 28.6 Å². The Bertz CT molecular complexity index is 570. The molecule has 0 saturated heterocycles. The molecule has 4 nitrogen and oxygen atoms in total. The average Bonchev–Trinajstić information content (AvgIpc) is 2.84. The molecule has 6 atom stereocenters. The van der Waals surface area contributed by atoms with Crippen LogP contribution < -0.4 is 0 Å². The maximum Gasteiger partial charge on any atom is 0.202 e. The van der Waals surface area contributed by atoms with Crippen molar-refractivity contribution in [3.05, 3.63) is 11.6 Å². The Morgan fingerprint density at radius 3 is 2.61 bits per heavy atom. The number of hydrogen-bond donors (Lipinski definition) is 2. The normalized spacial score (nSPS) is 52.4. The number of carbonyl (C=O) groups excluding carboxylic acids is 1. The van der Waals surface area contributed by atoms with Gasteiger partial charge in [-0.15, -0.1) is 0 Å². The van der Waals surface area contributed by atoms with Crippen LogP contribution in [-0.2, 0) is 9.68 Å². The third-order valence-electron chi connectivity index (χ3n) is 8.01. The fourth-order valence-corrected chi connectivity index (χ4v) is 6.47. The van der Waals surface area contributed by atoms with Gasteiger partial charge in [0, 0.05) is 24.7 Å². The van der Waals surface area contributed by atoms with Crippen molar-refractivity contribution in [2.75, 3.05) is 0 Å². The van der Waals surface area contributed by atoms with E-state index in [0.717, 1.165) is 38.5 Å². The number of Topliss-reactive ketones (excluding diaryl/α,β-unsaturated/α-hetero) is 1. The molecule has 0 spiro atoms. The molecule has 4 rings (SSSR count). The Kier molecular flexibility index (Phi) is 3.37. The van der Waals surface area contributed by atoms with E-state index in [9.17, 15) is 9.90 Å². The number of aliphatic hydroxyl groups is 1. The monoisotopic (exact) mass is 320 g/mol. The molecule has 2 N–H and O–H groups in total. The molecule has 3 fully saturated rings. The molecule has 0 amide bonds. The summed E-state index contributed by atoms with van der Waals surface area (Å²) in [6.45, 7) is 4.52. The van der Waals surface area contributed by atoms with Gasteiger partial charge in [-0.25, -0.2) is 10.1 Å². The molecule has 0 heterocycles. The summed E-state index contributed by atoms with van der Waals surface area (Å²) in [5, 5.41) is 19.3. The average molecular weight is 320 g/mol. The van der Waals surface area contributed by atoms with E-state index in [0.29, 0.717) is 36.4 Å². The molecular weight excluding hydrogens is 292 g/mol. The van der Waals surface area contributed by atoms with Gasteiger partial charge in [0.1, 0.15) is 5.78 Å². The summed E-state index contributed by atoms with van der Waals surface area (Å²) in [5.41, 5.74) is 1.24. The van der Waals surface area contributed by atoms with Crippen LogP contribution in [0.3, 0.4) is 0 Å². The third-order valence-corrected chi connectivity index (χ3v) is 8.01. The summed E-state index contributed by atoms with van der Waals surface area (Å²) in [7, 11) is 0. The van der Waals surface area contributed by atoms with Crippen molar-refractivity contribution < 1.29 is 20.0 Å². The zero-order chi connectivity index (χ0) is 16.5. The van der Waals surface area contributed by atoms with Crippen LogP contribution in [0.4, 0.5) is 0 Å². The van der Waals surface area contributed by atoms with Gasteiger partial charge in [0.2, 0.25) is 5.79 Å². The minimum Gasteiger partial charge on any atom is -0.363 e. The predicted octanol–water partition coefficient (Wildman–Crippen LogP) is 3.70. The molecule has 0 aromatic carbocycles. The maximum absolute atomic E-state index is 12.4. The van der Waals surface area contributed by atoms with Gasteiger partial charge in [0.15, 0.2) is 0 Å². The molecule has 0 bridgehead atoms. The Morgan fingerprint density at radius 1 is 1.13 bits per heavy atom. The van der Waals surface area contributed by atoms with Gasteiger partial charge >= 0.3 is 0 Å². The van der Waals surface area contributed by atoms with E-state index >= 15 is 0 Å². The Labute approximate surface area is 137 Å². The van der Waals surface area contributed by atoms with Gasteiger partial charge in [-0.05, 0) is 55.3 Å². The predicted molar refractivity (Wildman–Crippen MR) is 85.4 cm³/mol. The van der Waals surface area contributed by atoms with Gasteiger partial charge in [-0.3, -0.25) is 4.79 Å². The van der Waals surface area contributed by atoms with E-state index in [4.69, 9.17) is 5.26 Å². The van der Waals surface area contributed by atoms with Crippen LogP contribution in [0.2, 0.25) is 0 Å². The Morgan fingerprint density at radius 2 is 1.87 bits per heavy atom. The van der Waals surface area contributed by atoms with Gasteiger partial charge in [0.25, 0.3) is 0 Å². The molecule has 4 heteroatoms. The van der Waals surface area contributed by atoms with Crippen molar-refractivity contribution in [3.8, 4) is 0 Å². The maximum atomic E-state index is 12.4. The molecule has 0 aliphatic heterocycles. The van der Waals surface area contributed by atoms with Gasteiger partial charge in [0.05, 0.1) is 0 Å². The molecule has 0 radical (unpaired) electrons. The fourth-order valence-electron chi connectivity index (χ4n) is 6.47. The lowest BCUT2D eigenvalue weighted by Crippen LogP contribution is -2.52.